The number of hydrogen-bond acceptors (Lipinski definition) is 5. The van der Waals surface area contributed by atoms with E-state index in [-0.39, 0.29) is 35.5 Å². The fourth-order valence-electron chi connectivity index (χ4n) is 4.94. The number of morpholine rings is 1. The zero-order valence-corrected chi connectivity index (χ0v) is 16.6. The molecule has 28 heavy (non-hydrogen) atoms. The van der Waals surface area contributed by atoms with E-state index in [0.717, 1.165) is 51.8 Å². The van der Waals surface area contributed by atoms with Crippen molar-refractivity contribution < 1.29 is 14.3 Å². The normalized spacial score (nSPS) is 32.3. The summed E-state index contributed by atoms with van der Waals surface area (Å²) in [4.78, 5) is 33.9. The van der Waals surface area contributed by atoms with Crippen LogP contribution in [0.4, 0.5) is 0 Å². The number of amides is 2. The largest absolute Gasteiger partial charge is 0.379 e. The molecule has 2 heterocycles. The molecule has 0 aromatic heterocycles. The number of imide groups is 1. The van der Waals surface area contributed by atoms with Gasteiger partial charge in [0.1, 0.15) is 0 Å². The highest BCUT2D eigenvalue weighted by Crippen LogP contribution is 2.52. The van der Waals surface area contributed by atoms with Gasteiger partial charge in [0.15, 0.2) is 5.96 Å². The van der Waals surface area contributed by atoms with Crippen LogP contribution >= 0.6 is 0 Å². The van der Waals surface area contributed by atoms with Crippen LogP contribution in [0.25, 0.3) is 0 Å². The molecule has 4 atom stereocenters. The number of nitrogens with one attached hydrogen (secondary N) is 2. The fourth-order valence-corrected chi connectivity index (χ4v) is 4.94. The summed E-state index contributed by atoms with van der Waals surface area (Å²) >= 11 is 0. The summed E-state index contributed by atoms with van der Waals surface area (Å²) in [5.74, 6) is 1.07. The van der Waals surface area contributed by atoms with E-state index in [1.807, 2.05) is 6.92 Å². The lowest BCUT2D eigenvalue weighted by atomic mass is 9.85. The minimum atomic E-state index is -0.113. The molecule has 154 valence electrons. The van der Waals surface area contributed by atoms with Crippen molar-refractivity contribution in [3.8, 4) is 0 Å². The first-order valence-corrected chi connectivity index (χ1v) is 10.5. The van der Waals surface area contributed by atoms with Gasteiger partial charge in [0, 0.05) is 39.3 Å². The van der Waals surface area contributed by atoms with Crippen LogP contribution in [-0.4, -0.2) is 86.6 Å². The predicted octanol–water partition coefficient (Wildman–Crippen LogP) is -0.319. The maximum Gasteiger partial charge on any atom is 0.233 e. The van der Waals surface area contributed by atoms with Crippen molar-refractivity contribution in [1.82, 2.24) is 20.4 Å². The van der Waals surface area contributed by atoms with E-state index in [1.165, 1.54) is 4.90 Å². The number of hydrogen-bond donors (Lipinski definition) is 2. The van der Waals surface area contributed by atoms with Crippen molar-refractivity contribution in [1.29, 1.82) is 0 Å². The molecule has 8 nitrogen and oxygen atoms in total. The number of carbonyl (C=O) groups excluding carboxylic acids is 2. The minimum absolute atomic E-state index is 0.0166. The van der Waals surface area contributed by atoms with Gasteiger partial charge in [-0.25, -0.2) is 0 Å². The van der Waals surface area contributed by atoms with Crippen LogP contribution in [0.2, 0.25) is 0 Å². The van der Waals surface area contributed by atoms with Crippen molar-refractivity contribution in [3.05, 3.63) is 12.2 Å². The molecule has 4 unspecified atom stereocenters. The van der Waals surface area contributed by atoms with Crippen molar-refractivity contribution >= 4 is 17.8 Å². The van der Waals surface area contributed by atoms with Gasteiger partial charge in [0.2, 0.25) is 11.8 Å². The Kier molecular flexibility index (Phi) is 5.96. The summed E-state index contributed by atoms with van der Waals surface area (Å²) in [7, 11) is 0. The molecule has 2 saturated heterocycles. The molecule has 2 aliphatic carbocycles. The molecule has 1 saturated carbocycles. The van der Waals surface area contributed by atoms with Crippen LogP contribution in [0.15, 0.2) is 17.1 Å². The van der Waals surface area contributed by atoms with Crippen molar-refractivity contribution in [2.45, 2.75) is 13.3 Å². The molecule has 4 rings (SSSR count). The Morgan fingerprint density at radius 2 is 1.79 bits per heavy atom. The topological polar surface area (TPSA) is 86.3 Å². The third kappa shape index (κ3) is 3.80. The molecule has 0 radical (unpaired) electrons. The summed E-state index contributed by atoms with van der Waals surface area (Å²) in [5.41, 5.74) is 0. The molecule has 3 fully saturated rings. The molecule has 2 aliphatic heterocycles. The van der Waals surface area contributed by atoms with Crippen LogP contribution < -0.4 is 10.6 Å². The van der Waals surface area contributed by atoms with Crippen LogP contribution in [0.5, 0.6) is 0 Å². The van der Waals surface area contributed by atoms with Gasteiger partial charge in [-0.2, -0.15) is 0 Å². The molecule has 8 heteroatoms. The lowest BCUT2D eigenvalue weighted by Gasteiger charge is -2.25. The zero-order chi connectivity index (χ0) is 19.5. The monoisotopic (exact) mass is 389 g/mol. The van der Waals surface area contributed by atoms with E-state index in [1.54, 1.807) is 0 Å². The molecular weight excluding hydrogens is 358 g/mol. The van der Waals surface area contributed by atoms with Gasteiger partial charge in [0.25, 0.3) is 0 Å². The zero-order valence-electron chi connectivity index (χ0n) is 16.6. The highest BCUT2D eigenvalue weighted by molar-refractivity contribution is 6.06. The van der Waals surface area contributed by atoms with Crippen LogP contribution in [0, 0.1) is 23.7 Å². The third-order valence-corrected chi connectivity index (χ3v) is 6.32. The number of nitrogens with zero attached hydrogens (tertiary/aromatic N) is 3. The van der Waals surface area contributed by atoms with Crippen LogP contribution in [0.1, 0.15) is 13.3 Å². The molecule has 2 bridgehead atoms. The molecular formula is C20H31N5O3. The van der Waals surface area contributed by atoms with Gasteiger partial charge in [-0.05, 0) is 25.2 Å². The number of fused-ring (bicyclic) bond motifs is 5. The number of ether oxygens (including phenoxy) is 1. The molecule has 2 amide bonds. The minimum Gasteiger partial charge on any atom is -0.379 e. The second-order valence-corrected chi connectivity index (χ2v) is 7.97. The predicted molar refractivity (Wildman–Crippen MR) is 106 cm³/mol. The Bertz CT molecular complexity index is 628. The second kappa shape index (κ2) is 8.61. The molecule has 4 aliphatic rings. The van der Waals surface area contributed by atoms with Crippen molar-refractivity contribution in [3.63, 3.8) is 0 Å². The van der Waals surface area contributed by atoms with E-state index in [4.69, 9.17) is 4.74 Å². The maximum absolute atomic E-state index is 12.7. The maximum atomic E-state index is 12.7. The summed E-state index contributed by atoms with van der Waals surface area (Å²) in [6.45, 7) is 8.81. The third-order valence-electron chi connectivity index (χ3n) is 6.32. The van der Waals surface area contributed by atoms with Crippen LogP contribution in [0.3, 0.4) is 0 Å². The van der Waals surface area contributed by atoms with Gasteiger partial charge in [-0.15, -0.1) is 0 Å². The van der Waals surface area contributed by atoms with E-state index in [9.17, 15) is 9.59 Å². The lowest BCUT2D eigenvalue weighted by molar-refractivity contribution is -0.140. The SMILES string of the molecule is CCNC(=NCCN1CCOCC1)NCCN1C(=O)C2C3C=CC(C3)C2C1=O. The fraction of sp³-hybridized carbons (Fsp3) is 0.750. The smallest absolute Gasteiger partial charge is 0.233 e. The second-order valence-electron chi connectivity index (χ2n) is 7.97. The highest BCUT2D eigenvalue weighted by atomic mass is 16.5. The average molecular weight is 390 g/mol. The Labute approximate surface area is 166 Å². The van der Waals surface area contributed by atoms with Crippen molar-refractivity contribution in [2.75, 3.05) is 59.0 Å². The Morgan fingerprint density at radius 3 is 2.43 bits per heavy atom. The molecule has 0 aromatic carbocycles. The number of aliphatic imine (C=N–C) groups is 1. The summed E-state index contributed by atoms with van der Waals surface area (Å²) in [5, 5.41) is 6.49. The first-order chi connectivity index (χ1) is 13.7. The number of likely N-dealkylation sites (tertiary alicyclic amines) is 1. The molecule has 0 aromatic rings. The summed E-state index contributed by atoms with van der Waals surface area (Å²) in [6, 6.07) is 0. The summed E-state index contributed by atoms with van der Waals surface area (Å²) in [6.07, 6.45) is 5.23. The van der Waals surface area contributed by atoms with Gasteiger partial charge in [-0.1, -0.05) is 12.2 Å². The van der Waals surface area contributed by atoms with Gasteiger partial charge in [-0.3, -0.25) is 24.4 Å². The van der Waals surface area contributed by atoms with Gasteiger partial charge < -0.3 is 15.4 Å². The number of rotatable bonds is 7. The van der Waals surface area contributed by atoms with Crippen LogP contribution in [-0.2, 0) is 14.3 Å². The first kappa shape index (κ1) is 19.4. The Balaban J connectivity index is 1.25. The lowest BCUT2D eigenvalue weighted by Crippen LogP contribution is -2.44. The van der Waals surface area contributed by atoms with E-state index >= 15 is 0 Å². The van der Waals surface area contributed by atoms with E-state index in [2.05, 4.69) is 32.7 Å². The van der Waals surface area contributed by atoms with E-state index in [0.29, 0.717) is 19.6 Å². The Morgan fingerprint density at radius 1 is 1.11 bits per heavy atom. The van der Waals surface area contributed by atoms with Gasteiger partial charge in [0.05, 0.1) is 31.6 Å². The number of guanidine groups is 1. The Hall–Kier alpha value is -1.93. The standard InChI is InChI=1S/C20H31N5O3/c1-2-21-20(22-5-7-24-9-11-28-12-10-24)23-6-8-25-18(26)16-14-3-4-15(13-14)17(16)19(25)27/h3-4,14-17H,2,5-13H2,1H3,(H2,21,22,23). The first-order valence-electron chi connectivity index (χ1n) is 10.5. The molecule has 2 N–H and O–H groups in total. The molecule has 0 spiro atoms. The quantitative estimate of drug-likeness (QED) is 0.269. The number of carbonyl (C=O) groups is 2. The highest BCUT2D eigenvalue weighted by Gasteiger charge is 2.58. The van der Waals surface area contributed by atoms with E-state index < -0.39 is 0 Å². The summed E-state index contributed by atoms with van der Waals surface area (Å²) < 4.78 is 5.36. The average Bonchev–Trinajstić information content (AvgIpc) is 3.38. The number of allylic oxidation sites excluding steroid dienone is 2. The van der Waals surface area contributed by atoms with Gasteiger partial charge >= 0.3 is 0 Å². The van der Waals surface area contributed by atoms with Crippen molar-refractivity contribution in [2.24, 2.45) is 28.7 Å².